The minimum Gasteiger partial charge on any atom is -0.457 e. The van der Waals surface area contributed by atoms with Gasteiger partial charge < -0.3 is 29.8 Å². The molecule has 0 atom stereocenters. The number of hydrogen-bond acceptors (Lipinski definition) is 9. The van der Waals surface area contributed by atoms with Crippen LogP contribution in [0.4, 0.5) is 0 Å². The lowest BCUT2D eigenvalue weighted by atomic mass is 10.1. The zero-order valence-electron chi connectivity index (χ0n) is 23.7. The molecule has 12 heteroatoms. The topological polar surface area (TPSA) is 169 Å². The van der Waals surface area contributed by atoms with Gasteiger partial charge in [-0.05, 0) is 35.9 Å². The molecular weight excluding hydrogens is 550 g/mol. The number of fused-ring (bicyclic) bond motifs is 1. The number of nitrogens with one attached hydrogen (secondary N) is 2. The highest BCUT2D eigenvalue weighted by Crippen LogP contribution is 2.32. The lowest BCUT2D eigenvalue weighted by Gasteiger charge is -2.13. The number of aromatic nitrogens is 4. The van der Waals surface area contributed by atoms with Crippen LogP contribution in [0.3, 0.4) is 0 Å². The van der Waals surface area contributed by atoms with Crippen molar-refractivity contribution in [3.63, 3.8) is 0 Å². The molecule has 0 radical (unpaired) electrons. The molecule has 0 saturated carbocycles. The normalized spacial score (nSPS) is 10.8. The van der Waals surface area contributed by atoms with Gasteiger partial charge in [-0.25, -0.2) is 9.78 Å². The number of hydrogen-bond donors (Lipinski definition) is 3. The average molecular weight is 580 g/mol. The highest BCUT2D eigenvalue weighted by atomic mass is 16.5. The van der Waals surface area contributed by atoms with Crippen molar-refractivity contribution in [3.8, 4) is 23.4 Å². The van der Waals surface area contributed by atoms with Crippen LogP contribution >= 0.6 is 0 Å². The quantitative estimate of drug-likeness (QED) is 0.119. The van der Waals surface area contributed by atoms with Crippen LogP contribution in [0.25, 0.3) is 11.2 Å². The van der Waals surface area contributed by atoms with Crippen LogP contribution in [-0.4, -0.2) is 56.6 Å². The lowest BCUT2D eigenvalue weighted by molar-refractivity contribution is 0.0469. The summed E-state index contributed by atoms with van der Waals surface area (Å²) in [5.74, 6) is 0.0417. The molecule has 0 unspecified atom stereocenters. The highest BCUT2D eigenvalue weighted by Gasteiger charge is 2.21. The Labute approximate surface area is 247 Å². The minimum atomic E-state index is -0.649. The molecule has 0 saturated heterocycles. The van der Waals surface area contributed by atoms with Gasteiger partial charge in [-0.1, -0.05) is 49.4 Å². The fraction of sp³-hybridized carbons (Fsp3) is 0.161. The second-order valence-corrected chi connectivity index (χ2v) is 9.66. The molecule has 0 aliphatic carbocycles. The van der Waals surface area contributed by atoms with Gasteiger partial charge in [0.2, 0.25) is 0 Å². The van der Waals surface area contributed by atoms with Crippen molar-refractivity contribution in [2.24, 2.45) is 5.73 Å². The van der Waals surface area contributed by atoms with Crippen LogP contribution in [0.5, 0.6) is 23.4 Å². The summed E-state index contributed by atoms with van der Waals surface area (Å²) in [4.78, 5) is 43.6. The van der Waals surface area contributed by atoms with E-state index in [4.69, 9.17) is 25.4 Å². The summed E-state index contributed by atoms with van der Waals surface area (Å²) in [5, 5.41) is 7.86. The molecule has 2 aromatic heterocycles. The molecule has 4 N–H and O–H groups in total. The summed E-state index contributed by atoms with van der Waals surface area (Å²) in [6.07, 6.45) is 0.594. The number of nitrogens with zero attached hydrogens (tertiary/aromatic N) is 4. The first-order chi connectivity index (χ1) is 20.7. The number of carbonyl (C=O) groups is 2. The molecule has 43 heavy (non-hydrogen) atoms. The predicted octanol–water partition coefficient (Wildman–Crippen LogP) is 4.84. The van der Waals surface area contributed by atoms with Gasteiger partial charge in [0.05, 0.1) is 0 Å². The maximum atomic E-state index is 13.1. The van der Waals surface area contributed by atoms with Gasteiger partial charge >= 0.3 is 12.0 Å². The average Bonchev–Trinajstić information content (AvgIpc) is 3.44. The van der Waals surface area contributed by atoms with E-state index in [1.54, 1.807) is 38.4 Å². The van der Waals surface area contributed by atoms with E-state index in [1.807, 2.05) is 37.3 Å². The Balaban J connectivity index is 1.51. The fourth-order valence-electron chi connectivity index (χ4n) is 4.09. The van der Waals surface area contributed by atoms with Crippen molar-refractivity contribution in [2.45, 2.75) is 20.0 Å². The number of ether oxygens (including phenoxy) is 3. The maximum Gasteiger partial charge on any atom is 0.342 e. The number of aryl methyl sites for hydroxylation is 1. The van der Waals surface area contributed by atoms with E-state index < -0.39 is 5.97 Å². The third-order valence-corrected chi connectivity index (χ3v) is 6.30. The van der Waals surface area contributed by atoms with Gasteiger partial charge in [0.25, 0.3) is 11.8 Å². The molecule has 0 bridgehead atoms. The minimum absolute atomic E-state index is 0.0323. The van der Waals surface area contributed by atoms with Crippen LogP contribution in [0.2, 0.25) is 0 Å². The molecule has 1 amide bonds. The number of nitrogens with two attached hydrogens (primary N) is 1. The first-order valence-corrected chi connectivity index (χ1v) is 13.4. The SMILES string of the molecule is CCc1nc2c(Oc3cccc(C(=O)N(C)C)c3)nc(Oc3cc(C(=N)N)ccc3C(=O)OCc3ccccc3)nc2[nH]1. The smallest absolute Gasteiger partial charge is 0.342 e. The molecule has 0 spiro atoms. The van der Waals surface area contributed by atoms with E-state index in [2.05, 4.69) is 19.9 Å². The predicted molar refractivity (Wildman–Crippen MR) is 159 cm³/mol. The maximum absolute atomic E-state index is 13.1. The summed E-state index contributed by atoms with van der Waals surface area (Å²) >= 11 is 0. The Morgan fingerprint density at radius 2 is 1.72 bits per heavy atom. The number of esters is 1. The monoisotopic (exact) mass is 579 g/mol. The Morgan fingerprint density at radius 1 is 0.930 bits per heavy atom. The van der Waals surface area contributed by atoms with Gasteiger partial charge in [-0.2, -0.15) is 9.97 Å². The van der Waals surface area contributed by atoms with Gasteiger partial charge in [0.15, 0.2) is 11.2 Å². The van der Waals surface area contributed by atoms with Crippen LogP contribution in [0.1, 0.15) is 44.6 Å². The Hall–Kier alpha value is -5.78. The Kier molecular flexibility index (Phi) is 8.28. The van der Waals surface area contributed by atoms with Gasteiger partial charge in [-0.15, -0.1) is 0 Å². The molecule has 12 nitrogen and oxygen atoms in total. The number of amides is 1. The number of benzene rings is 3. The molecule has 218 valence electrons. The zero-order chi connectivity index (χ0) is 30.5. The number of amidine groups is 1. The Bertz CT molecular complexity index is 1820. The molecule has 0 aliphatic rings. The molecule has 0 aliphatic heterocycles. The molecule has 5 rings (SSSR count). The summed E-state index contributed by atoms with van der Waals surface area (Å²) in [6.45, 7) is 1.98. The number of carbonyl (C=O) groups excluding carboxylic acids is 2. The van der Waals surface area contributed by atoms with Gasteiger partial charge in [0.1, 0.15) is 35.3 Å². The Morgan fingerprint density at radius 3 is 2.44 bits per heavy atom. The second-order valence-electron chi connectivity index (χ2n) is 9.66. The number of imidazole rings is 1. The van der Waals surface area contributed by atoms with Crippen molar-refractivity contribution in [1.82, 2.24) is 24.8 Å². The van der Waals surface area contributed by atoms with Crippen molar-refractivity contribution >= 4 is 28.9 Å². The van der Waals surface area contributed by atoms with Gasteiger partial charge in [-0.3, -0.25) is 10.2 Å². The van der Waals surface area contributed by atoms with Crippen molar-refractivity contribution in [1.29, 1.82) is 5.41 Å². The first kappa shape index (κ1) is 28.7. The standard InChI is InChI=1S/C31H29N7O5/c1-4-24-34-25-27(35-24)36-31(37-28(25)42-21-12-8-11-20(15-21)29(39)38(2)3)43-23-16-19(26(32)33)13-14-22(23)30(40)41-17-18-9-6-5-7-10-18/h5-16H,4,17H2,1-3H3,(H3,32,33)(H,34,35,36,37). The molecule has 2 heterocycles. The van der Waals surface area contributed by atoms with Crippen LogP contribution in [0, 0.1) is 5.41 Å². The molecule has 0 fully saturated rings. The van der Waals surface area contributed by atoms with E-state index in [1.165, 1.54) is 23.1 Å². The van der Waals surface area contributed by atoms with E-state index in [-0.39, 0.29) is 41.6 Å². The number of H-pyrrole nitrogens is 1. The second kappa shape index (κ2) is 12.4. The van der Waals surface area contributed by atoms with E-state index in [9.17, 15) is 9.59 Å². The largest absolute Gasteiger partial charge is 0.457 e. The lowest BCUT2D eigenvalue weighted by Crippen LogP contribution is -2.21. The highest BCUT2D eigenvalue weighted by molar-refractivity contribution is 5.98. The van der Waals surface area contributed by atoms with E-state index in [0.29, 0.717) is 40.3 Å². The van der Waals surface area contributed by atoms with Crippen molar-refractivity contribution < 1.29 is 23.8 Å². The molecular formula is C31H29N7O5. The van der Waals surface area contributed by atoms with Crippen molar-refractivity contribution in [2.75, 3.05) is 14.1 Å². The number of nitrogen functional groups attached to an aromatic ring is 1. The van der Waals surface area contributed by atoms with Crippen molar-refractivity contribution in [3.05, 3.63) is 101 Å². The molecule has 5 aromatic rings. The first-order valence-electron chi connectivity index (χ1n) is 13.4. The fourth-order valence-corrected chi connectivity index (χ4v) is 4.09. The van der Waals surface area contributed by atoms with E-state index >= 15 is 0 Å². The third-order valence-electron chi connectivity index (χ3n) is 6.30. The van der Waals surface area contributed by atoms with Gasteiger partial charge in [0, 0.05) is 31.6 Å². The molecule has 3 aromatic carbocycles. The van der Waals surface area contributed by atoms with Crippen LogP contribution in [-0.2, 0) is 17.8 Å². The third kappa shape index (κ3) is 6.59. The summed E-state index contributed by atoms with van der Waals surface area (Å²) in [5.41, 5.74) is 8.06. The van der Waals surface area contributed by atoms with E-state index in [0.717, 1.165) is 5.56 Å². The number of rotatable bonds is 10. The van der Waals surface area contributed by atoms with Crippen LogP contribution < -0.4 is 15.2 Å². The summed E-state index contributed by atoms with van der Waals surface area (Å²) in [6, 6.07) is 20.2. The number of aromatic amines is 1. The zero-order valence-corrected chi connectivity index (χ0v) is 23.7. The summed E-state index contributed by atoms with van der Waals surface area (Å²) in [7, 11) is 3.33. The summed E-state index contributed by atoms with van der Waals surface area (Å²) < 4.78 is 17.6. The van der Waals surface area contributed by atoms with Crippen LogP contribution in [0.15, 0.2) is 72.8 Å².